The number of ether oxygens (including phenoxy) is 3. The van der Waals surface area contributed by atoms with Crippen molar-refractivity contribution in [1.82, 2.24) is 4.98 Å². The number of carbonyl (C=O) groups excluding carboxylic acids is 1. The molecule has 0 saturated heterocycles. The topological polar surface area (TPSA) is 81.7 Å². The molecule has 0 radical (unpaired) electrons. The zero-order chi connectivity index (χ0) is 19.9. The number of benzene rings is 1. The van der Waals surface area contributed by atoms with Gasteiger partial charge in [0.15, 0.2) is 11.5 Å². The summed E-state index contributed by atoms with van der Waals surface area (Å²) >= 11 is 0. The number of aromatic nitrogens is 1. The summed E-state index contributed by atoms with van der Waals surface area (Å²) in [6.07, 6.45) is 1.96. The van der Waals surface area contributed by atoms with E-state index < -0.39 is 11.7 Å². The zero-order valence-corrected chi connectivity index (χ0v) is 16.5. The smallest absolute Gasteiger partial charge is 0.413 e. The average molecular weight is 373 g/mol. The van der Waals surface area contributed by atoms with Gasteiger partial charge < -0.3 is 19.5 Å². The summed E-state index contributed by atoms with van der Waals surface area (Å²) < 4.78 is 15.8. The average Bonchev–Trinajstić information content (AvgIpc) is 2.61. The Hall–Kier alpha value is -2.96. The van der Waals surface area contributed by atoms with E-state index in [2.05, 4.69) is 15.6 Å². The van der Waals surface area contributed by atoms with Crippen molar-refractivity contribution in [3.05, 3.63) is 42.1 Å². The van der Waals surface area contributed by atoms with Crippen molar-refractivity contribution >= 4 is 17.6 Å². The Balaban J connectivity index is 1.84. The number of nitrogens with zero attached hydrogens (tertiary/aromatic N) is 1. The van der Waals surface area contributed by atoms with E-state index in [9.17, 15) is 4.79 Å². The van der Waals surface area contributed by atoms with Gasteiger partial charge in [0.05, 0.1) is 26.1 Å². The molecule has 7 heteroatoms. The molecule has 0 saturated carbocycles. The fourth-order valence-electron chi connectivity index (χ4n) is 2.37. The Morgan fingerprint density at radius 2 is 1.81 bits per heavy atom. The van der Waals surface area contributed by atoms with Crippen LogP contribution >= 0.6 is 0 Å². The van der Waals surface area contributed by atoms with E-state index in [1.54, 1.807) is 26.5 Å². The number of rotatable bonds is 7. The molecule has 1 heterocycles. The van der Waals surface area contributed by atoms with Gasteiger partial charge in [-0.3, -0.25) is 5.32 Å². The van der Waals surface area contributed by atoms with Crippen LogP contribution in [0.5, 0.6) is 11.5 Å². The molecule has 2 rings (SSSR count). The number of pyridine rings is 1. The van der Waals surface area contributed by atoms with Crippen molar-refractivity contribution in [3.8, 4) is 11.5 Å². The summed E-state index contributed by atoms with van der Waals surface area (Å²) in [5.41, 5.74) is 1.46. The first-order chi connectivity index (χ1) is 12.8. The summed E-state index contributed by atoms with van der Waals surface area (Å²) in [5.74, 6) is 1.87. The summed E-state index contributed by atoms with van der Waals surface area (Å²) in [5, 5.41) is 5.90. The first-order valence-electron chi connectivity index (χ1n) is 8.71. The molecule has 2 N–H and O–H groups in total. The molecular formula is C20H27N3O4. The lowest BCUT2D eigenvalue weighted by Crippen LogP contribution is -2.27. The Bertz CT molecular complexity index is 755. The molecule has 0 bridgehead atoms. The van der Waals surface area contributed by atoms with Crippen molar-refractivity contribution in [2.45, 2.75) is 32.8 Å². The zero-order valence-electron chi connectivity index (χ0n) is 16.5. The summed E-state index contributed by atoms with van der Waals surface area (Å²) in [4.78, 5) is 15.9. The highest BCUT2D eigenvalue weighted by Gasteiger charge is 2.16. The first kappa shape index (κ1) is 20.4. The molecule has 1 amide bonds. The van der Waals surface area contributed by atoms with E-state index >= 15 is 0 Å². The lowest BCUT2D eigenvalue weighted by atomic mass is 10.1. The van der Waals surface area contributed by atoms with Crippen LogP contribution in [0.4, 0.5) is 16.3 Å². The third-order valence-corrected chi connectivity index (χ3v) is 3.58. The number of nitrogens with one attached hydrogen (secondary N) is 2. The van der Waals surface area contributed by atoms with E-state index in [0.29, 0.717) is 17.3 Å². The Kier molecular flexibility index (Phi) is 6.87. The van der Waals surface area contributed by atoms with Gasteiger partial charge in [0.2, 0.25) is 0 Å². The fourth-order valence-corrected chi connectivity index (χ4v) is 2.37. The molecule has 0 aliphatic carbocycles. The Labute approximate surface area is 160 Å². The van der Waals surface area contributed by atoms with Gasteiger partial charge in [-0.2, -0.15) is 0 Å². The van der Waals surface area contributed by atoms with Crippen LogP contribution in [0.3, 0.4) is 0 Å². The van der Waals surface area contributed by atoms with E-state index in [4.69, 9.17) is 14.2 Å². The van der Waals surface area contributed by atoms with Crippen LogP contribution in [0.15, 0.2) is 36.5 Å². The minimum absolute atomic E-state index is 0.440. The number of hydrogen-bond acceptors (Lipinski definition) is 6. The van der Waals surface area contributed by atoms with Gasteiger partial charge in [-0.1, -0.05) is 6.07 Å². The highest BCUT2D eigenvalue weighted by molar-refractivity contribution is 5.83. The van der Waals surface area contributed by atoms with Crippen molar-refractivity contribution in [3.63, 3.8) is 0 Å². The molecule has 146 valence electrons. The minimum atomic E-state index is -0.546. The molecule has 0 aliphatic rings. The summed E-state index contributed by atoms with van der Waals surface area (Å²) in [7, 11) is 3.24. The van der Waals surface area contributed by atoms with Crippen LogP contribution in [0.2, 0.25) is 0 Å². The molecule has 0 unspecified atom stereocenters. The van der Waals surface area contributed by atoms with Crippen LogP contribution < -0.4 is 20.1 Å². The highest BCUT2D eigenvalue weighted by Crippen LogP contribution is 2.27. The summed E-state index contributed by atoms with van der Waals surface area (Å²) in [6, 6.07) is 9.45. The number of methoxy groups -OCH3 is 2. The predicted octanol–water partition coefficient (Wildman–Crippen LogP) is 4.10. The standard InChI is InChI=1S/C20H27N3O4/c1-20(2,3)27-19(24)23-18-9-7-15(13-22-18)21-11-10-14-6-8-16(25-4)17(12-14)26-5/h6-9,12-13,21H,10-11H2,1-5H3,(H,22,23,24). The monoisotopic (exact) mass is 373 g/mol. The molecule has 0 spiro atoms. The van der Waals surface area contributed by atoms with Gasteiger partial charge in [0.1, 0.15) is 11.4 Å². The molecule has 1 aromatic heterocycles. The predicted molar refractivity (Wildman–Crippen MR) is 106 cm³/mol. The van der Waals surface area contributed by atoms with Gasteiger partial charge in [-0.15, -0.1) is 0 Å². The van der Waals surface area contributed by atoms with Crippen molar-refractivity contribution in [2.24, 2.45) is 0 Å². The first-order valence-corrected chi connectivity index (χ1v) is 8.71. The summed E-state index contributed by atoms with van der Waals surface area (Å²) in [6.45, 7) is 6.16. The molecule has 2 aromatic rings. The van der Waals surface area contributed by atoms with Crippen LogP contribution in [0, 0.1) is 0 Å². The van der Waals surface area contributed by atoms with E-state index in [0.717, 1.165) is 24.2 Å². The Morgan fingerprint density at radius 3 is 2.41 bits per heavy atom. The second-order valence-corrected chi connectivity index (χ2v) is 6.93. The van der Waals surface area contributed by atoms with Crippen LogP contribution in [-0.4, -0.2) is 37.4 Å². The number of anilines is 2. The Morgan fingerprint density at radius 1 is 1.07 bits per heavy atom. The maximum absolute atomic E-state index is 11.7. The highest BCUT2D eigenvalue weighted by atomic mass is 16.6. The van der Waals surface area contributed by atoms with Crippen molar-refractivity contribution in [2.75, 3.05) is 31.4 Å². The van der Waals surface area contributed by atoms with Gasteiger partial charge in [0.25, 0.3) is 0 Å². The quantitative estimate of drug-likeness (QED) is 0.760. The van der Waals surface area contributed by atoms with Crippen LogP contribution in [0.25, 0.3) is 0 Å². The number of amides is 1. The third kappa shape index (κ3) is 6.69. The molecular weight excluding hydrogens is 346 g/mol. The minimum Gasteiger partial charge on any atom is -0.493 e. The molecule has 0 aliphatic heterocycles. The maximum atomic E-state index is 11.7. The van der Waals surface area contributed by atoms with Crippen molar-refractivity contribution in [1.29, 1.82) is 0 Å². The van der Waals surface area contributed by atoms with Crippen LogP contribution in [-0.2, 0) is 11.2 Å². The van der Waals surface area contributed by atoms with E-state index in [1.165, 1.54) is 0 Å². The number of hydrogen-bond donors (Lipinski definition) is 2. The molecule has 0 fully saturated rings. The van der Waals surface area contributed by atoms with Gasteiger partial charge >= 0.3 is 6.09 Å². The third-order valence-electron chi connectivity index (χ3n) is 3.58. The maximum Gasteiger partial charge on any atom is 0.413 e. The lowest BCUT2D eigenvalue weighted by Gasteiger charge is -2.19. The van der Waals surface area contributed by atoms with Crippen LogP contribution in [0.1, 0.15) is 26.3 Å². The van der Waals surface area contributed by atoms with Gasteiger partial charge in [-0.05, 0) is 57.0 Å². The molecule has 0 atom stereocenters. The largest absolute Gasteiger partial charge is 0.493 e. The normalized spacial score (nSPS) is 10.9. The second kappa shape index (κ2) is 9.12. The van der Waals surface area contributed by atoms with E-state index in [-0.39, 0.29) is 0 Å². The molecule has 27 heavy (non-hydrogen) atoms. The van der Waals surface area contributed by atoms with E-state index in [1.807, 2.05) is 45.0 Å². The SMILES string of the molecule is COc1ccc(CCNc2ccc(NC(=O)OC(C)(C)C)nc2)cc1OC. The molecule has 7 nitrogen and oxygen atoms in total. The fraction of sp³-hybridized carbons (Fsp3) is 0.400. The van der Waals surface area contributed by atoms with Crippen molar-refractivity contribution < 1.29 is 19.0 Å². The lowest BCUT2D eigenvalue weighted by molar-refractivity contribution is 0.0635. The number of carbonyl (C=O) groups is 1. The van der Waals surface area contributed by atoms with Gasteiger partial charge in [-0.25, -0.2) is 9.78 Å². The second-order valence-electron chi connectivity index (χ2n) is 6.93. The van der Waals surface area contributed by atoms with Gasteiger partial charge in [0, 0.05) is 6.54 Å². The molecule has 1 aromatic carbocycles.